The second-order valence-electron chi connectivity index (χ2n) is 6.58. The first-order chi connectivity index (χ1) is 10.4. The molecule has 1 saturated carbocycles. The van der Waals surface area contributed by atoms with E-state index in [1.807, 2.05) is 0 Å². The van der Waals surface area contributed by atoms with E-state index in [0.29, 0.717) is 24.7 Å². The number of benzene rings is 1. The molecule has 2 aliphatic rings. The summed E-state index contributed by atoms with van der Waals surface area (Å²) in [5, 5.41) is 13.2. The van der Waals surface area contributed by atoms with Crippen LogP contribution in [0.2, 0.25) is 0 Å². The molecular weight excluding hydrogens is 260 g/mol. The fourth-order valence-corrected chi connectivity index (χ4v) is 3.57. The highest BCUT2D eigenvalue weighted by Crippen LogP contribution is 2.27. The second kappa shape index (κ2) is 7.39. The third kappa shape index (κ3) is 4.29. The van der Waals surface area contributed by atoms with Crippen molar-refractivity contribution in [2.24, 2.45) is 0 Å². The van der Waals surface area contributed by atoms with Crippen LogP contribution in [0.3, 0.4) is 0 Å². The van der Waals surface area contributed by atoms with Crippen molar-refractivity contribution in [3.63, 3.8) is 0 Å². The van der Waals surface area contributed by atoms with Gasteiger partial charge in [0, 0.05) is 31.3 Å². The quantitative estimate of drug-likeness (QED) is 0.809. The van der Waals surface area contributed by atoms with Crippen LogP contribution in [0.1, 0.15) is 44.1 Å². The van der Waals surface area contributed by atoms with Crippen LogP contribution in [0.15, 0.2) is 30.3 Å². The number of rotatable bonds is 7. The predicted octanol–water partition coefficient (Wildman–Crippen LogP) is 2.54. The van der Waals surface area contributed by atoms with E-state index in [1.165, 1.54) is 44.2 Å². The Hall–Kier alpha value is -0.900. The molecule has 1 aromatic rings. The summed E-state index contributed by atoms with van der Waals surface area (Å²) in [4.78, 5) is 2.63. The molecule has 116 valence electrons. The zero-order valence-electron chi connectivity index (χ0n) is 12.9. The first kappa shape index (κ1) is 15.0. The van der Waals surface area contributed by atoms with Gasteiger partial charge in [0.2, 0.25) is 0 Å². The first-order valence-electron chi connectivity index (χ1n) is 8.51. The molecular formula is C18H28N2O. The predicted molar refractivity (Wildman–Crippen MR) is 86.1 cm³/mol. The van der Waals surface area contributed by atoms with Gasteiger partial charge in [-0.05, 0) is 44.2 Å². The Labute approximate surface area is 128 Å². The molecule has 2 fully saturated rings. The maximum absolute atomic E-state index is 9.42. The average Bonchev–Trinajstić information content (AvgIpc) is 3.33. The minimum atomic E-state index is 0.292. The van der Waals surface area contributed by atoms with E-state index in [9.17, 15) is 5.11 Å². The van der Waals surface area contributed by atoms with Gasteiger partial charge in [-0.25, -0.2) is 0 Å². The topological polar surface area (TPSA) is 35.5 Å². The number of nitrogens with zero attached hydrogens (tertiary/aromatic N) is 1. The highest BCUT2D eigenvalue weighted by molar-refractivity contribution is 5.15. The number of nitrogens with one attached hydrogen (secondary N) is 1. The van der Waals surface area contributed by atoms with Gasteiger partial charge in [0.05, 0.1) is 0 Å². The van der Waals surface area contributed by atoms with E-state index in [-0.39, 0.29) is 0 Å². The van der Waals surface area contributed by atoms with Crippen LogP contribution in [0.25, 0.3) is 0 Å². The van der Waals surface area contributed by atoms with Crippen molar-refractivity contribution in [1.29, 1.82) is 0 Å². The SMILES string of the molecule is OCC[C@@H](NC1CC1)[C@@H]1CCCCN1Cc1ccccc1. The molecule has 3 rings (SSSR count). The minimum Gasteiger partial charge on any atom is -0.396 e. The van der Waals surface area contributed by atoms with Crippen LogP contribution in [-0.2, 0) is 6.54 Å². The van der Waals surface area contributed by atoms with Crippen LogP contribution in [-0.4, -0.2) is 41.3 Å². The molecule has 3 nitrogen and oxygen atoms in total. The van der Waals surface area contributed by atoms with E-state index in [4.69, 9.17) is 0 Å². The number of piperidine rings is 1. The van der Waals surface area contributed by atoms with Crippen molar-refractivity contribution in [1.82, 2.24) is 10.2 Å². The Morgan fingerprint density at radius 1 is 1.14 bits per heavy atom. The van der Waals surface area contributed by atoms with Crippen molar-refractivity contribution in [3.8, 4) is 0 Å². The maximum Gasteiger partial charge on any atom is 0.0446 e. The minimum absolute atomic E-state index is 0.292. The van der Waals surface area contributed by atoms with Crippen LogP contribution >= 0.6 is 0 Å². The van der Waals surface area contributed by atoms with E-state index in [2.05, 4.69) is 40.5 Å². The highest BCUT2D eigenvalue weighted by Gasteiger charge is 2.33. The van der Waals surface area contributed by atoms with Gasteiger partial charge in [0.15, 0.2) is 0 Å². The molecule has 1 aliphatic carbocycles. The lowest BCUT2D eigenvalue weighted by Crippen LogP contribution is -2.52. The van der Waals surface area contributed by atoms with Gasteiger partial charge < -0.3 is 10.4 Å². The summed E-state index contributed by atoms with van der Waals surface area (Å²) in [6.07, 6.45) is 7.40. The molecule has 0 spiro atoms. The molecule has 0 amide bonds. The lowest BCUT2D eigenvalue weighted by molar-refractivity contribution is 0.0941. The average molecular weight is 288 g/mol. The monoisotopic (exact) mass is 288 g/mol. The van der Waals surface area contributed by atoms with Crippen molar-refractivity contribution >= 4 is 0 Å². The molecule has 2 atom stereocenters. The van der Waals surface area contributed by atoms with Gasteiger partial charge in [-0.3, -0.25) is 4.90 Å². The van der Waals surface area contributed by atoms with Gasteiger partial charge in [-0.1, -0.05) is 36.8 Å². The Bertz CT molecular complexity index is 418. The van der Waals surface area contributed by atoms with Gasteiger partial charge in [-0.2, -0.15) is 0 Å². The van der Waals surface area contributed by atoms with Crippen LogP contribution in [0.4, 0.5) is 0 Å². The normalized spacial score (nSPS) is 24.9. The molecule has 1 heterocycles. The molecule has 21 heavy (non-hydrogen) atoms. The second-order valence-corrected chi connectivity index (χ2v) is 6.58. The van der Waals surface area contributed by atoms with Crippen LogP contribution in [0.5, 0.6) is 0 Å². The van der Waals surface area contributed by atoms with E-state index >= 15 is 0 Å². The number of aliphatic hydroxyl groups is 1. The standard InChI is InChI=1S/C18H28N2O/c21-13-11-17(19-16-9-10-16)18-8-4-5-12-20(18)14-15-6-2-1-3-7-15/h1-3,6-7,16-19,21H,4-5,8-14H2/t17-,18+/m1/s1. The summed E-state index contributed by atoms with van der Waals surface area (Å²) in [6.45, 7) is 2.52. The molecule has 0 radical (unpaired) electrons. The summed E-state index contributed by atoms with van der Waals surface area (Å²) in [7, 11) is 0. The zero-order chi connectivity index (χ0) is 14.5. The number of hydrogen-bond acceptors (Lipinski definition) is 3. The van der Waals surface area contributed by atoms with Gasteiger partial charge >= 0.3 is 0 Å². The lowest BCUT2D eigenvalue weighted by Gasteiger charge is -2.41. The van der Waals surface area contributed by atoms with E-state index < -0.39 is 0 Å². The largest absolute Gasteiger partial charge is 0.396 e. The molecule has 1 saturated heterocycles. The zero-order valence-corrected chi connectivity index (χ0v) is 12.9. The fraction of sp³-hybridized carbons (Fsp3) is 0.667. The Morgan fingerprint density at radius 2 is 1.95 bits per heavy atom. The fourth-order valence-electron chi connectivity index (χ4n) is 3.57. The molecule has 1 aromatic carbocycles. The summed E-state index contributed by atoms with van der Waals surface area (Å²) < 4.78 is 0. The molecule has 3 heteroatoms. The van der Waals surface area contributed by atoms with Crippen LogP contribution < -0.4 is 5.32 Å². The number of likely N-dealkylation sites (tertiary alicyclic amines) is 1. The third-order valence-electron chi connectivity index (χ3n) is 4.82. The van der Waals surface area contributed by atoms with Gasteiger partial charge in [0.25, 0.3) is 0 Å². The Kier molecular flexibility index (Phi) is 5.28. The maximum atomic E-state index is 9.42. The third-order valence-corrected chi connectivity index (χ3v) is 4.82. The highest BCUT2D eigenvalue weighted by atomic mass is 16.3. The smallest absolute Gasteiger partial charge is 0.0446 e. The van der Waals surface area contributed by atoms with Crippen molar-refractivity contribution < 1.29 is 5.11 Å². The molecule has 0 bridgehead atoms. The van der Waals surface area contributed by atoms with E-state index in [0.717, 1.165) is 13.0 Å². The van der Waals surface area contributed by atoms with Crippen LogP contribution in [0, 0.1) is 0 Å². The van der Waals surface area contributed by atoms with Crippen molar-refractivity contribution in [3.05, 3.63) is 35.9 Å². The Morgan fingerprint density at radius 3 is 2.67 bits per heavy atom. The first-order valence-corrected chi connectivity index (χ1v) is 8.51. The number of hydrogen-bond donors (Lipinski definition) is 2. The summed E-state index contributed by atoms with van der Waals surface area (Å²) in [5.41, 5.74) is 1.40. The van der Waals surface area contributed by atoms with Gasteiger partial charge in [0.1, 0.15) is 0 Å². The Balaban J connectivity index is 1.66. The lowest BCUT2D eigenvalue weighted by atomic mass is 9.93. The van der Waals surface area contributed by atoms with Gasteiger partial charge in [-0.15, -0.1) is 0 Å². The summed E-state index contributed by atoms with van der Waals surface area (Å²) in [6, 6.07) is 12.5. The summed E-state index contributed by atoms with van der Waals surface area (Å²) in [5.74, 6) is 0. The molecule has 2 N–H and O–H groups in total. The molecule has 0 unspecified atom stereocenters. The van der Waals surface area contributed by atoms with Crippen molar-refractivity contribution in [2.45, 2.75) is 63.2 Å². The molecule has 0 aromatic heterocycles. The molecule has 1 aliphatic heterocycles. The van der Waals surface area contributed by atoms with Crippen molar-refractivity contribution in [2.75, 3.05) is 13.2 Å². The number of aliphatic hydroxyl groups excluding tert-OH is 1. The van der Waals surface area contributed by atoms with E-state index in [1.54, 1.807) is 0 Å². The summed E-state index contributed by atoms with van der Waals surface area (Å²) >= 11 is 0.